The number of ether oxygens (including phenoxy) is 1. The molecule has 0 aliphatic carbocycles. The summed E-state index contributed by atoms with van der Waals surface area (Å²) >= 11 is 0. The molecule has 2 aromatic carbocycles. The minimum Gasteiger partial charge on any atom is -0.466 e. The van der Waals surface area contributed by atoms with Gasteiger partial charge in [-0.2, -0.15) is 0 Å². The third-order valence-corrected chi connectivity index (χ3v) is 4.54. The lowest BCUT2D eigenvalue weighted by atomic mass is 10.1. The van der Waals surface area contributed by atoms with Crippen molar-refractivity contribution in [3.8, 4) is 0 Å². The number of ketones is 1. The second kappa shape index (κ2) is 9.08. The van der Waals surface area contributed by atoms with Crippen molar-refractivity contribution < 1.29 is 14.3 Å². The van der Waals surface area contributed by atoms with Gasteiger partial charge in [-0.15, -0.1) is 0 Å². The van der Waals surface area contributed by atoms with Gasteiger partial charge in [-0.25, -0.2) is 4.98 Å². The normalized spacial score (nSPS) is 10.8. The van der Waals surface area contributed by atoms with Crippen LogP contribution in [0, 0.1) is 0 Å². The van der Waals surface area contributed by atoms with E-state index in [1.807, 2.05) is 24.3 Å². The zero-order valence-electron chi connectivity index (χ0n) is 15.8. The van der Waals surface area contributed by atoms with E-state index in [0.29, 0.717) is 41.6 Å². The average molecular weight is 378 g/mol. The number of hydrogen-bond donors (Lipinski definition) is 0. The van der Waals surface area contributed by atoms with Crippen molar-refractivity contribution >= 4 is 22.7 Å². The minimum atomic E-state index is -0.366. The van der Waals surface area contributed by atoms with Gasteiger partial charge in [0.2, 0.25) is 0 Å². The first-order chi connectivity index (χ1) is 13.6. The van der Waals surface area contributed by atoms with Crippen molar-refractivity contribution in [1.29, 1.82) is 0 Å². The van der Waals surface area contributed by atoms with Gasteiger partial charge in [-0.05, 0) is 18.6 Å². The van der Waals surface area contributed by atoms with Gasteiger partial charge in [-0.3, -0.25) is 19.0 Å². The number of carbonyl (C=O) groups excluding carboxylic acids is 2. The van der Waals surface area contributed by atoms with Crippen LogP contribution in [0.3, 0.4) is 0 Å². The Bertz CT molecular complexity index is 1040. The molecule has 0 N–H and O–H groups in total. The minimum absolute atomic E-state index is 0.0343. The molecule has 6 nitrogen and oxygen atoms in total. The Kier molecular flexibility index (Phi) is 6.32. The van der Waals surface area contributed by atoms with Gasteiger partial charge >= 0.3 is 5.97 Å². The van der Waals surface area contributed by atoms with Crippen molar-refractivity contribution in [3.63, 3.8) is 0 Å². The second-order valence-corrected chi connectivity index (χ2v) is 6.52. The molecule has 144 valence electrons. The number of para-hydroxylation sites is 1. The Labute approximate surface area is 162 Å². The molecule has 1 aromatic heterocycles. The Morgan fingerprint density at radius 2 is 1.71 bits per heavy atom. The molecule has 0 spiro atoms. The van der Waals surface area contributed by atoms with Crippen LogP contribution in [-0.2, 0) is 23.0 Å². The maximum atomic E-state index is 12.4. The first-order valence-corrected chi connectivity index (χ1v) is 9.25. The van der Waals surface area contributed by atoms with E-state index in [1.165, 1.54) is 4.57 Å². The van der Waals surface area contributed by atoms with E-state index in [1.54, 1.807) is 37.4 Å². The summed E-state index contributed by atoms with van der Waals surface area (Å²) in [5, 5.41) is 0.555. The summed E-state index contributed by atoms with van der Waals surface area (Å²) in [6.07, 6.45) is 1.26. The number of benzene rings is 2. The van der Waals surface area contributed by atoms with Crippen LogP contribution in [0.5, 0.6) is 0 Å². The van der Waals surface area contributed by atoms with Crippen LogP contribution in [0.1, 0.15) is 35.4 Å². The number of Topliss-reactive ketones (excluding diaryl/α,β-unsaturated/α-hetero) is 1. The molecule has 0 radical (unpaired) electrons. The molecule has 0 aliphatic heterocycles. The van der Waals surface area contributed by atoms with Crippen LogP contribution in [-0.4, -0.2) is 27.9 Å². The fourth-order valence-corrected chi connectivity index (χ4v) is 2.96. The third kappa shape index (κ3) is 4.71. The van der Waals surface area contributed by atoms with Crippen molar-refractivity contribution in [2.75, 3.05) is 6.61 Å². The van der Waals surface area contributed by atoms with E-state index in [0.717, 1.165) is 0 Å². The standard InChI is InChI=1S/C22H22N2O4/c1-24-20(23-18-11-6-5-10-17(18)22(24)27)13-14-21(26)28-15-7-12-19(25)16-8-3-2-4-9-16/h2-6,8-11H,7,12-15H2,1H3. The smallest absolute Gasteiger partial charge is 0.306 e. The number of esters is 1. The number of aromatic nitrogens is 2. The molecule has 0 saturated carbocycles. The molecule has 0 unspecified atom stereocenters. The highest BCUT2D eigenvalue weighted by molar-refractivity contribution is 5.95. The van der Waals surface area contributed by atoms with Crippen molar-refractivity contribution in [2.45, 2.75) is 25.7 Å². The number of nitrogens with zero attached hydrogens (tertiary/aromatic N) is 2. The molecular weight excluding hydrogens is 356 g/mol. The summed E-state index contributed by atoms with van der Waals surface area (Å²) in [6, 6.07) is 16.2. The number of carbonyl (C=O) groups is 2. The lowest BCUT2D eigenvalue weighted by Crippen LogP contribution is -2.23. The Morgan fingerprint density at radius 3 is 2.50 bits per heavy atom. The van der Waals surface area contributed by atoms with Crippen LogP contribution >= 0.6 is 0 Å². The van der Waals surface area contributed by atoms with Gasteiger partial charge in [0.1, 0.15) is 5.82 Å². The first-order valence-electron chi connectivity index (χ1n) is 9.25. The molecule has 3 aromatic rings. The summed E-state index contributed by atoms with van der Waals surface area (Å²) < 4.78 is 6.67. The average Bonchev–Trinajstić information content (AvgIpc) is 2.73. The summed E-state index contributed by atoms with van der Waals surface area (Å²) in [6.45, 7) is 0.196. The molecule has 6 heteroatoms. The highest BCUT2D eigenvalue weighted by Gasteiger charge is 2.11. The fourth-order valence-electron chi connectivity index (χ4n) is 2.96. The summed E-state index contributed by atoms with van der Waals surface area (Å²) in [5.41, 5.74) is 1.15. The molecule has 0 saturated heterocycles. The van der Waals surface area contributed by atoms with Crippen LogP contribution in [0.15, 0.2) is 59.4 Å². The maximum absolute atomic E-state index is 12.4. The van der Waals surface area contributed by atoms with Gasteiger partial charge in [-0.1, -0.05) is 42.5 Å². The first kappa shape index (κ1) is 19.5. The summed E-state index contributed by atoms with van der Waals surface area (Å²) in [5.74, 6) is 0.210. The SMILES string of the molecule is Cn1c(CCC(=O)OCCCC(=O)c2ccccc2)nc2ccccc2c1=O. The molecule has 0 bridgehead atoms. The largest absolute Gasteiger partial charge is 0.466 e. The highest BCUT2D eigenvalue weighted by Crippen LogP contribution is 2.09. The van der Waals surface area contributed by atoms with Crippen LogP contribution < -0.4 is 5.56 Å². The Hall–Kier alpha value is -3.28. The molecule has 28 heavy (non-hydrogen) atoms. The van der Waals surface area contributed by atoms with Gasteiger partial charge in [0, 0.05) is 25.5 Å². The number of fused-ring (bicyclic) bond motifs is 1. The fraction of sp³-hybridized carbons (Fsp3) is 0.273. The van der Waals surface area contributed by atoms with E-state index in [2.05, 4.69) is 4.98 Å². The van der Waals surface area contributed by atoms with E-state index in [4.69, 9.17) is 4.74 Å². The van der Waals surface area contributed by atoms with Gasteiger partial charge in [0.15, 0.2) is 5.78 Å². The van der Waals surface area contributed by atoms with E-state index in [-0.39, 0.29) is 30.3 Å². The predicted molar refractivity (Wildman–Crippen MR) is 106 cm³/mol. The third-order valence-electron chi connectivity index (χ3n) is 4.54. The summed E-state index contributed by atoms with van der Waals surface area (Å²) in [7, 11) is 1.65. The lowest BCUT2D eigenvalue weighted by Gasteiger charge is -2.09. The topological polar surface area (TPSA) is 78.3 Å². The Morgan fingerprint density at radius 1 is 1.00 bits per heavy atom. The lowest BCUT2D eigenvalue weighted by molar-refractivity contribution is -0.143. The van der Waals surface area contributed by atoms with E-state index in [9.17, 15) is 14.4 Å². The number of rotatable bonds is 8. The molecule has 3 rings (SSSR count). The molecule has 0 atom stereocenters. The van der Waals surface area contributed by atoms with Crippen LogP contribution in [0.25, 0.3) is 10.9 Å². The Balaban J connectivity index is 1.47. The van der Waals surface area contributed by atoms with Crippen molar-refractivity contribution in [1.82, 2.24) is 9.55 Å². The number of hydrogen-bond acceptors (Lipinski definition) is 5. The van der Waals surface area contributed by atoms with Crippen molar-refractivity contribution in [3.05, 3.63) is 76.3 Å². The monoisotopic (exact) mass is 378 g/mol. The van der Waals surface area contributed by atoms with E-state index < -0.39 is 0 Å². The molecule has 0 amide bonds. The molecular formula is C22H22N2O4. The van der Waals surface area contributed by atoms with Crippen LogP contribution in [0.2, 0.25) is 0 Å². The zero-order chi connectivity index (χ0) is 19.9. The number of aryl methyl sites for hydroxylation is 1. The van der Waals surface area contributed by atoms with Gasteiger partial charge < -0.3 is 4.74 Å². The molecule has 0 aliphatic rings. The summed E-state index contributed by atoms with van der Waals surface area (Å²) in [4.78, 5) is 40.8. The highest BCUT2D eigenvalue weighted by atomic mass is 16.5. The van der Waals surface area contributed by atoms with Crippen LogP contribution in [0.4, 0.5) is 0 Å². The van der Waals surface area contributed by atoms with Crippen molar-refractivity contribution in [2.24, 2.45) is 7.05 Å². The van der Waals surface area contributed by atoms with Gasteiger partial charge in [0.05, 0.1) is 23.9 Å². The zero-order valence-corrected chi connectivity index (χ0v) is 15.8. The molecule has 0 fully saturated rings. The predicted octanol–water partition coefficient (Wildman–Crippen LogP) is 3.07. The van der Waals surface area contributed by atoms with Gasteiger partial charge in [0.25, 0.3) is 5.56 Å². The second-order valence-electron chi connectivity index (χ2n) is 6.52. The maximum Gasteiger partial charge on any atom is 0.306 e. The quantitative estimate of drug-likeness (QED) is 0.342. The van der Waals surface area contributed by atoms with E-state index >= 15 is 0 Å². The molecule has 1 heterocycles.